The predicted octanol–water partition coefficient (Wildman–Crippen LogP) is 0.352. The van der Waals surface area contributed by atoms with Crippen LogP contribution in [0.2, 0.25) is 0 Å². The first-order valence-corrected chi connectivity index (χ1v) is 8.87. The third-order valence-electron chi connectivity index (χ3n) is 4.78. The minimum Gasteiger partial charge on any atom is -0.481 e. The van der Waals surface area contributed by atoms with Gasteiger partial charge in [-0.2, -0.15) is 0 Å². The Morgan fingerprint density at radius 3 is 2.72 bits per heavy atom. The number of hydrogen-bond donors (Lipinski definition) is 1. The summed E-state index contributed by atoms with van der Waals surface area (Å²) in [6.45, 7) is 3.45. The maximum absolute atomic E-state index is 12.3. The Hall–Kier alpha value is -1.67. The molecule has 0 aromatic carbocycles. The van der Waals surface area contributed by atoms with Crippen molar-refractivity contribution in [2.75, 3.05) is 39.9 Å². The average molecular weight is 356 g/mol. The van der Waals surface area contributed by atoms with Crippen molar-refractivity contribution < 1.29 is 29.0 Å². The normalized spacial score (nSPS) is 24.8. The summed E-state index contributed by atoms with van der Waals surface area (Å²) in [5.74, 6) is -1.89. The largest absolute Gasteiger partial charge is 0.481 e. The van der Waals surface area contributed by atoms with Crippen molar-refractivity contribution in [2.24, 2.45) is 5.92 Å². The Morgan fingerprint density at radius 1 is 1.32 bits per heavy atom. The zero-order chi connectivity index (χ0) is 18.4. The van der Waals surface area contributed by atoms with Gasteiger partial charge in [0, 0.05) is 26.7 Å². The van der Waals surface area contributed by atoms with Crippen LogP contribution in [0.1, 0.15) is 32.6 Å². The first kappa shape index (κ1) is 19.7. The predicted molar refractivity (Wildman–Crippen MR) is 89.0 cm³/mol. The third-order valence-corrected chi connectivity index (χ3v) is 4.78. The van der Waals surface area contributed by atoms with Crippen LogP contribution in [-0.4, -0.2) is 84.8 Å². The van der Waals surface area contributed by atoms with Gasteiger partial charge >= 0.3 is 5.97 Å². The summed E-state index contributed by atoms with van der Waals surface area (Å²) in [6.07, 6.45) is 2.61. The Morgan fingerprint density at radius 2 is 2.08 bits per heavy atom. The fourth-order valence-electron chi connectivity index (χ4n) is 3.20. The van der Waals surface area contributed by atoms with Gasteiger partial charge in [-0.25, -0.2) is 0 Å². The van der Waals surface area contributed by atoms with Crippen molar-refractivity contribution in [3.05, 3.63) is 0 Å². The fourth-order valence-corrected chi connectivity index (χ4v) is 3.20. The molecule has 0 radical (unpaired) electrons. The molecule has 8 nitrogen and oxygen atoms in total. The molecule has 0 saturated carbocycles. The topological polar surface area (TPSA) is 96.4 Å². The number of carbonyl (C=O) groups excluding carboxylic acids is 2. The molecule has 2 amide bonds. The van der Waals surface area contributed by atoms with Crippen molar-refractivity contribution in [1.29, 1.82) is 0 Å². The van der Waals surface area contributed by atoms with Crippen molar-refractivity contribution in [3.63, 3.8) is 0 Å². The van der Waals surface area contributed by atoms with Crippen molar-refractivity contribution in [3.8, 4) is 0 Å². The van der Waals surface area contributed by atoms with Gasteiger partial charge in [-0.3, -0.25) is 14.4 Å². The van der Waals surface area contributed by atoms with E-state index in [0.29, 0.717) is 26.0 Å². The standard InChI is InChI=1S/C17H28N2O6/c1-12(25-11-14-6-4-8-24-14)16(21)18(2)10-15(20)19-7-3-5-13(9-19)17(22)23/h12-14H,3-11H2,1-2H3,(H,22,23). The average Bonchev–Trinajstić information content (AvgIpc) is 3.12. The van der Waals surface area contributed by atoms with Crippen LogP contribution in [0.4, 0.5) is 0 Å². The summed E-state index contributed by atoms with van der Waals surface area (Å²) < 4.78 is 11.0. The quantitative estimate of drug-likeness (QED) is 0.707. The molecule has 0 aromatic heterocycles. The highest BCUT2D eigenvalue weighted by atomic mass is 16.5. The highest BCUT2D eigenvalue weighted by molar-refractivity contribution is 5.87. The van der Waals surface area contributed by atoms with Crippen LogP contribution in [-0.2, 0) is 23.9 Å². The van der Waals surface area contributed by atoms with E-state index in [1.54, 1.807) is 14.0 Å². The first-order chi connectivity index (χ1) is 11.9. The van der Waals surface area contributed by atoms with Gasteiger partial charge in [0.1, 0.15) is 6.10 Å². The van der Waals surface area contributed by atoms with E-state index >= 15 is 0 Å². The van der Waals surface area contributed by atoms with Gasteiger partial charge in [-0.15, -0.1) is 0 Å². The summed E-state index contributed by atoms with van der Waals surface area (Å²) in [7, 11) is 1.56. The second-order valence-electron chi connectivity index (χ2n) is 6.82. The van der Waals surface area contributed by atoms with Crippen LogP contribution in [0.15, 0.2) is 0 Å². The Bertz CT molecular complexity index is 492. The van der Waals surface area contributed by atoms with Crippen LogP contribution >= 0.6 is 0 Å². The van der Waals surface area contributed by atoms with E-state index < -0.39 is 18.0 Å². The minimum absolute atomic E-state index is 0.0449. The molecule has 2 aliphatic heterocycles. The molecular formula is C17H28N2O6. The molecule has 0 spiro atoms. The van der Waals surface area contributed by atoms with E-state index in [9.17, 15) is 14.4 Å². The summed E-state index contributed by atoms with van der Waals surface area (Å²) >= 11 is 0. The molecular weight excluding hydrogens is 328 g/mol. The van der Waals surface area contributed by atoms with Crippen molar-refractivity contribution >= 4 is 17.8 Å². The van der Waals surface area contributed by atoms with E-state index in [0.717, 1.165) is 19.4 Å². The van der Waals surface area contributed by atoms with Crippen LogP contribution in [0, 0.1) is 5.92 Å². The van der Waals surface area contributed by atoms with Gasteiger partial charge in [0.2, 0.25) is 5.91 Å². The van der Waals surface area contributed by atoms with E-state index in [4.69, 9.17) is 14.6 Å². The van der Waals surface area contributed by atoms with Crippen molar-refractivity contribution in [2.45, 2.75) is 44.8 Å². The zero-order valence-electron chi connectivity index (χ0n) is 15.0. The van der Waals surface area contributed by atoms with Crippen molar-refractivity contribution in [1.82, 2.24) is 9.80 Å². The van der Waals surface area contributed by atoms with Gasteiger partial charge in [-0.1, -0.05) is 0 Å². The van der Waals surface area contributed by atoms with E-state index in [1.807, 2.05) is 0 Å². The molecule has 2 fully saturated rings. The number of hydrogen-bond acceptors (Lipinski definition) is 5. The Labute approximate surface area is 148 Å². The highest BCUT2D eigenvalue weighted by Crippen LogP contribution is 2.17. The molecule has 8 heteroatoms. The van der Waals surface area contributed by atoms with Gasteiger partial charge in [0.15, 0.2) is 0 Å². The zero-order valence-corrected chi connectivity index (χ0v) is 15.0. The number of likely N-dealkylation sites (tertiary alicyclic amines) is 1. The number of likely N-dealkylation sites (N-methyl/N-ethyl adjacent to an activating group) is 1. The molecule has 3 atom stereocenters. The number of piperidine rings is 1. The van der Waals surface area contributed by atoms with Gasteiger partial charge in [0.05, 0.1) is 25.2 Å². The molecule has 3 unspecified atom stereocenters. The van der Waals surface area contributed by atoms with E-state index in [1.165, 1.54) is 9.80 Å². The molecule has 142 valence electrons. The maximum Gasteiger partial charge on any atom is 0.308 e. The highest BCUT2D eigenvalue weighted by Gasteiger charge is 2.30. The Balaban J connectivity index is 1.76. The maximum atomic E-state index is 12.3. The Kier molecular flexibility index (Phi) is 7.19. The molecule has 2 saturated heterocycles. The summed E-state index contributed by atoms with van der Waals surface area (Å²) in [6, 6.07) is 0. The monoisotopic (exact) mass is 356 g/mol. The lowest BCUT2D eigenvalue weighted by Crippen LogP contribution is -2.48. The lowest BCUT2D eigenvalue weighted by molar-refractivity contribution is -0.150. The first-order valence-electron chi connectivity index (χ1n) is 8.87. The molecule has 2 rings (SSSR count). The third kappa shape index (κ3) is 5.67. The van der Waals surface area contributed by atoms with Gasteiger partial charge in [-0.05, 0) is 32.6 Å². The van der Waals surface area contributed by atoms with Crippen LogP contribution in [0.5, 0.6) is 0 Å². The second kappa shape index (κ2) is 9.15. The lowest BCUT2D eigenvalue weighted by Gasteiger charge is -2.32. The van der Waals surface area contributed by atoms with Crippen LogP contribution in [0.3, 0.4) is 0 Å². The molecule has 0 aromatic rings. The van der Waals surface area contributed by atoms with Crippen LogP contribution < -0.4 is 0 Å². The summed E-state index contributed by atoms with van der Waals surface area (Å²) in [4.78, 5) is 38.6. The molecule has 2 heterocycles. The van der Waals surface area contributed by atoms with Gasteiger partial charge in [0.25, 0.3) is 5.91 Å². The summed E-state index contributed by atoms with van der Waals surface area (Å²) in [5.41, 5.74) is 0. The molecule has 1 N–H and O–H groups in total. The SMILES string of the molecule is CC(OCC1CCCO1)C(=O)N(C)CC(=O)N1CCCC(C(=O)O)C1. The molecule has 0 bridgehead atoms. The fraction of sp³-hybridized carbons (Fsp3) is 0.824. The second-order valence-corrected chi connectivity index (χ2v) is 6.82. The number of carboxylic acids is 1. The van der Waals surface area contributed by atoms with E-state index in [-0.39, 0.29) is 31.0 Å². The number of amides is 2. The molecule has 2 aliphatic rings. The number of carbonyl (C=O) groups is 3. The number of ether oxygens (including phenoxy) is 2. The molecule has 0 aliphatic carbocycles. The smallest absolute Gasteiger partial charge is 0.308 e. The number of rotatable bonds is 7. The number of carboxylic acid groups (broad SMARTS) is 1. The lowest BCUT2D eigenvalue weighted by atomic mass is 9.98. The summed E-state index contributed by atoms with van der Waals surface area (Å²) in [5, 5.41) is 9.10. The number of aliphatic carboxylic acids is 1. The number of nitrogens with zero attached hydrogens (tertiary/aromatic N) is 2. The van der Waals surface area contributed by atoms with E-state index in [2.05, 4.69) is 0 Å². The van der Waals surface area contributed by atoms with Crippen LogP contribution in [0.25, 0.3) is 0 Å². The minimum atomic E-state index is -0.877. The van der Waals surface area contributed by atoms with Gasteiger partial charge < -0.3 is 24.4 Å². The molecule has 25 heavy (non-hydrogen) atoms.